The molecule has 0 heterocycles. The minimum Gasteiger partial charge on any atom is -0.334 e. The van der Waals surface area contributed by atoms with Gasteiger partial charge < -0.3 is 4.57 Å². The molecule has 0 N–H and O–H groups in total. The molecule has 0 amide bonds. The highest BCUT2D eigenvalue weighted by molar-refractivity contribution is 6.31. The Bertz CT molecular complexity index is 623. The first-order valence-corrected chi connectivity index (χ1v) is 9.16. The van der Waals surface area contributed by atoms with Crippen LogP contribution < -0.4 is 0 Å². The average molecular weight is 521 g/mol. The van der Waals surface area contributed by atoms with Crippen LogP contribution in [0.1, 0.15) is 6.42 Å². The lowest BCUT2D eigenvalue weighted by Crippen LogP contribution is -2.74. The van der Waals surface area contributed by atoms with Gasteiger partial charge in [0.1, 0.15) is 0 Å². The number of nitrogens with zero attached hydrogens (tertiary/aromatic N) is 1. The molecule has 0 aliphatic rings. The summed E-state index contributed by atoms with van der Waals surface area (Å²) in [6.07, 6.45) is -10.1. The molecule has 0 bridgehead atoms. The minimum absolute atomic E-state index is 1.02. The van der Waals surface area contributed by atoms with Gasteiger partial charge in [-0.3, -0.25) is 0 Å². The zero-order valence-corrected chi connectivity index (χ0v) is 16.4. The molecule has 0 unspecified atom stereocenters. The van der Waals surface area contributed by atoms with E-state index in [4.69, 9.17) is 0 Å². The minimum atomic E-state index is -8.57. The lowest BCUT2D eigenvalue weighted by atomic mass is 9.88. The van der Waals surface area contributed by atoms with Crippen LogP contribution in [0.5, 0.6) is 0 Å². The van der Waals surface area contributed by atoms with Crippen LogP contribution in [0.15, 0.2) is 0 Å². The number of alkyl halides is 17. The Morgan fingerprint density at radius 1 is 0.484 bits per heavy atom. The Morgan fingerprint density at radius 2 is 0.774 bits per heavy atom. The topological polar surface area (TPSA) is 3.24 Å². The first-order chi connectivity index (χ1) is 13.2. The maximum atomic E-state index is 13.5. The molecule has 0 saturated carbocycles. The fraction of sp³-hybridized carbons (Fsp3) is 1.00. The van der Waals surface area contributed by atoms with Gasteiger partial charge in [0.2, 0.25) is 0 Å². The van der Waals surface area contributed by atoms with Crippen molar-refractivity contribution in [3.63, 3.8) is 0 Å². The molecule has 0 aromatic carbocycles. The third-order valence-corrected chi connectivity index (χ3v) is 5.45. The summed E-state index contributed by atoms with van der Waals surface area (Å²) in [7, 11) is 0.548. The molecule has 0 rings (SSSR count). The Labute approximate surface area is 164 Å². The molecule has 0 atom stereocenters. The van der Waals surface area contributed by atoms with Crippen molar-refractivity contribution in [3.8, 4) is 0 Å². The van der Waals surface area contributed by atoms with E-state index >= 15 is 0 Å². The predicted molar refractivity (Wildman–Crippen MR) is 72.3 cm³/mol. The second-order valence-electron chi connectivity index (χ2n) is 6.56. The van der Waals surface area contributed by atoms with E-state index in [1.807, 2.05) is 0 Å². The highest BCUT2D eigenvalue weighted by Crippen LogP contribution is 2.64. The van der Waals surface area contributed by atoms with Gasteiger partial charge in [-0.25, -0.2) is 0 Å². The van der Waals surface area contributed by atoms with E-state index in [2.05, 4.69) is 0 Å². The smallest absolute Gasteiger partial charge is 0.334 e. The Morgan fingerprint density at radius 3 is 1.06 bits per heavy atom. The zero-order chi connectivity index (χ0) is 25.7. The van der Waals surface area contributed by atoms with Crippen molar-refractivity contribution in [2.24, 2.45) is 0 Å². The van der Waals surface area contributed by atoms with Gasteiger partial charge in [-0.15, -0.1) is 0 Å². The molecule has 0 aliphatic carbocycles. The summed E-state index contributed by atoms with van der Waals surface area (Å²) in [6.45, 7) is 0. The highest BCUT2D eigenvalue weighted by Gasteiger charge is 2.95. The van der Waals surface area contributed by atoms with Crippen LogP contribution in [0.2, 0.25) is 6.04 Å². The molecule has 0 radical (unpaired) electrons. The monoisotopic (exact) mass is 521 g/mol. The fourth-order valence-corrected chi connectivity index (χ4v) is 3.21. The maximum absolute atomic E-state index is 13.5. The molecular formula is C12H12F17NSi. The van der Waals surface area contributed by atoms with Gasteiger partial charge in [-0.05, 0) is 20.1 Å². The van der Waals surface area contributed by atoms with E-state index in [0.29, 0.717) is 0 Å². The van der Waals surface area contributed by atoms with E-state index in [1.54, 1.807) is 0 Å². The van der Waals surface area contributed by atoms with Crippen molar-refractivity contribution in [1.29, 1.82) is 0 Å². The van der Waals surface area contributed by atoms with Crippen LogP contribution in [-0.2, 0) is 0 Å². The molecule has 1 nitrogen and oxygen atoms in total. The van der Waals surface area contributed by atoms with Crippen LogP contribution in [0.25, 0.3) is 0 Å². The van der Waals surface area contributed by atoms with Crippen molar-refractivity contribution >= 4 is 9.68 Å². The molecule has 0 saturated heterocycles. The van der Waals surface area contributed by atoms with E-state index in [1.165, 1.54) is 14.1 Å². The molecular weight excluding hydrogens is 509 g/mol. The first kappa shape index (κ1) is 30.0. The van der Waals surface area contributed by atoms with Crippen molar-refractivity contribution in [3.05, 3.63) is 0 Å². The van der Waals surface area contributed by atoms with Crippen LogP contribution in [0.4, 0.5) is 74.6 Å². The zero-order valence-electron chi connectivity index (χ0n) is 15.0. The normalized spacial score (nSPS) is 16.6. The molecule has 0 aromatic heterocycles. The summed E-state index contributed by atoms with van der Waals surface area (Å²) >= 11 is 0. The van der Waals surface area contributed by atoms with Gasteiger partial charge in [0.05, 0.1) is 9.68 Å². The lowest BCUT2D eigenvalue weighted by molar-refractivity contribution is -0.461. The number of hydrogen-bond acceptors (Lipinski definition) is 1. The predicted octanol–water partition coefficient (Wildman–Crippen LogP) is 5.45. The molecule has 31 heavy (non-hydrogen) atoms. The molecule has 0 spiro atoms. The maximum Gasteiger partial charge on any atom is 0.460 e. The summed E-state index contributed by atoms with van der Waals surface area (Å²) < 4.78 is 222. The molecule has 0 aromatic rings. The van der Waals surface area contributed by atoms with Gasteiger partial charge >= 0.3 is 47.6 Å². The third kappa shape index (κ3) is 4.44. The van der Waals surface area contributed by atoms with Crippen molar-refractivity contribution in [2.75, 3.05) is 14.1 Å². The van der Waals surface area contributed by atoms with Crippen molar-refractivity contribution in [1.82, 2.24) is 4.57 Å². The van der Waals surface area contributed by atoms with E-state index in [9.17, 15) is 74.6 Å². The Balaban J connectivity index is 6.43. The lowest BCUT2D eigenvalue weighted by Gasteiger charge is -2.42. The Hall–Kier alpha value is -1.01. The average Bonchev–Trinajstić information content (AvgIpc) is 2.51. The van der Waals surface area contributed by atoms with Gasteiger partial charge in [-0.1, -0.05) is 0 Å². The van der Waals surface area contributed by atoms with Crippen LogP contribution in [0, 0.1) is 0 Å². The van der Waals surface area contributed by atoms with Gasteiger partial charge in [0.15, 0.2) is 0 Å². The van der Waals surface area contributed by atoms with Gasteiger partial charge in [-0.2, -0.15) is 74.6 Å². The summed E-state index contributed by atoms with van der Waals surface area (Å²) in [5, 5.41) is 0. The number of hydrogen-bond donors (Lipinski definition) is 0. The highest BCUT2D eigenvalue weighted by atomic mass is 28.2. The Kier molecular flexibility index (Phi) is 7.82. The van der Waals surface area contributed by atoms with Gasteiger partial charge in [0, 0.05) is 6.42 Å². The second kappa shape index (κ2) is 8.09. The number of rotatable bonds is 10. The molecule has 0 fully saturated rings. The third-order valence-electron chi connectivity index (χ3n) is 3.88. The van der Waals surface area contributed by atoms with E-state index < -0.39 is 69.8 Å². The summed E-state index contributed by atoms with van der Waals surface area (Å²) in [5.74, 6) is -55.7. The van der Waals surface area contributed by atoms with Crippen molar-refractivity contribution < 1.29 is 74.6 Å². The largest absolute Gasteiger partial charge is 0.460 e. The summed E-state index contributed by atoms with van der Waals surface area (Å²) in [6, 6.07) is -1.02. The van der Waals surface area contributed by atoms with Gasteiger partial charge in [0.25, 0.3) is 0 Å². The molecule has 0 aliphatic heterocycles. The van der Waals surface area contributed by atoms with E-state index in [-0.39, 0.29) is 0 Å². The summed E-state index contributed by atoms with van der Waals surface area (Å²) in [4.78, 5) is 0. The van der Waals surface area contributed by atoms with E-state index in [0.717, 1.165) is 4.57 Å². The first-order valence-electron chi connectivity index (χ1n) is 7.53. The fourth-order valence-electron chi connectivity index (χ4n) is 1.97. The van der Waals surface area contributed by atoms with Crippen LogP contribution >= 0.6 is 0 Å². The van der Waals surface area contributed by atoms with Crippen LogP contribution in [0.3, 0.4) is 0 Å². The SMILES string of the molecule is CN(C)[SiH2]CCC(F)(F)C(F)(F)C(F)(F)C(F)(F)C(F)(F)C(F)(F)C(F)(F)C(F)(F)F. The quantitative estimate of drug-likeness (QED) is 0.273. The summed E-state index contributed by atoms with van der Waals surface area (Å²) in [5.41, 5.74) is 0. The number of halogens is 17. The molecule has 188 valence electrons. The van der Waals surface area contributed by atoms with Crippen molar-refractivity contribution in [2.45, 2.75) is 60.1 Å². The molecule has 19 heteroatoms. The second-order valence-corrected chi connectivity index (χ2v) is 8.97. The standard InChI is InChI=1S/C12H12F17NSi/c1-30(2)31-4-3-5(13,14)6(15,16)7(17,18)8(19,20)9(21,22)10(23,24)11(25,26)12(27,28)29/h3-4,31H2,1-2H3. The van der Waals surface area contributed by atoms with Crippen LogP contribution in [-0.4, -0.2) is 76.0 Å².